The molecule has 3 rings (SSSR count). The number of rotatable bonds is 5. The van der Waals surface area contributed by atoms with Crippen molar-refractivity contribution in [2.24, 2.45) is 0 Å². The van der Waals surface area contributed by atoms with Gasteiger partial charge in [0.25, 0.3) is 0 Å². The molecule has 0 fully saturated rings. The second-order valence-corrected chi connectivity index (χ2v) is 6.22. The molecule has 1 aliphatic rings. The third-order valence-electron chi connectivity index (χ3n) is 3.69. The fourth-order valence-corrected chi connectivity index (χ4v) is 3.26. The number of nitrogens with one attached hydrogen (secondary N) is 1. The number of aromatic nitrogens is 1. The standard InChI is InChI=1S/C16H20N2O2S/c1-11-18-12(10-21-11)5-7-17-15-6-8-20-16-4-3-13(19-2)9-14(15)16/h3-4,9-10,15,17H,5-8H2,1-2H3. The van der Waals surface area contributed by atoms with E-state index in [1.54, 1.807) is 18.4 Å². The van der Waals surface area contributed by atoms with Gasteiger partial charge < -0.3 is 14.8 Å². The van der Waals surface area contributed by atoms with Gasteiger partial charge in [-0.15, -0.1) is 11.3 Å². The van der Waals surface area contributed by atoms with Crippen molar-refractivity contribution < 1.29 is 9.47 Å². The van der Waals surface area contributed by atoms with Crippen LogP contribution in [0.2, 0.25) is 0 Å². The van der Waals surface area contributed by atoms with Crippen molar-refractivity contribution >= 4 is 11.3 Å². The molecule has 1 atom stereocenters. The van der Waals surface area contributed by atoms with Crippen molar-refractivity contribution in [3.8, 4) is 11.5 Å². The molecule has 0 amide bonds. The average Bonchev–Trinajstić information content (AvgIpc) is 2.92. The molecule has 0 saturated heterocycles. The second kappa shape index (κ2) is 6.45. The first-order valence-electron chi connectivity index (χ1n) is 7.21. The molecule has 0 radical (unpaired) electrons. The van der Waals surface area contributed by atoms with E-state index in [1.807, 2.05) is 19.1 Å². The Kier molecular flexibility index (Phi) is 4.41. The molecule has 1 aromatic carbocycles. The zero-order valence-corrected chi connectivity index (χ0v) is 13.2. The summed E-state index contributed by atoms with van der Waals surface area (Å²) in [6.45, 7) is 3.72. The molecule has 112 valence electrons. The predicted octanol–water partition coefficient (Wildman–Crippen LogP) is 3.12. The summed E-state index contributed by atoms with van der Waals surface area (Å²) >= 11 is 1.71. The summed E-state index contributed by atoms with van der Waals surface area (Å²) in [7, 11) is 1.69. The third kappa shape index (κ3) is 3.36. The van der Waals surface area contributed by atoms with Crippen LogP contribution >= 0.6 is 11.3 Å². The van der Waals surface area contributed by atoms with Gasteiger partial charge in [-0.05, 0) is 25.1 Å². The molecule has 0 aliphatic carbocycles. The molecule has 0 bridgehead atoms. The van der Waals surface area contributed by atoms with Crippen LogP contribution in [0.1, 0.15) is 28.7 Å². The highest BCUT2D eigenvalue weighted by molar-refractivity contribution is 7.09. The lowest BCUT2D eigenvalue weighted by Gasteiger charge is -2.27. The molecule has 0 spiro atoms. The highest BCUT2D eigenvalue weighted by Crippen LogP contribution is 2.34. The number of hydrogen-bond donors (Lipinski definition) is 1. The Bertz CT molecular complexity index is 612. The van der Waals surface area contributed by atoms with Crippen LogP contribution in [0.25, 0.3) is 0 Å². The van der Waals surface area contributed by atoms with E-state index in [2.05, 4.69) is 21.7 Å². The van der Waals surface area contributed by atoms with E-state index in [4.69, 9.17) is 9.47 Å². The highest BCUT2D eigenvalue weighted by Gasteiger charge is 2.21. The Morgan fingerprint density at radius 2 is 2.38 bits per heavy atom. The van der Waals surface area contributed by atoms with Gasteiger partial charge in [0, 0.05) is 36.4 Å². The van der Waals surface area contributed by atoms with Gasteiger partial charge in [-0.3, -0.25) is 0 Å². The third-order valence-corrected chi connectivity index (χ3v) is 4.52. The van der Waals surface area contributed by atoms with Crippen LogP contribution in [0.5, 0.6) is 11.5 Å². The molecule has 1 aliphatic heterocycles. The van der Waals surface area contributed by atoms with Crippen molar-refractivity contribution in [3.63, 3.8) is 0 Å². The number of hydrogen-bond acceptors (Lipinski definition) is 5. The number of aryl methyl sites for hydroxylation is 1. The molecule has 4 nitrogen and oxygen atoms in total. The molecule has 1 N–H and O–H groups in total. The number of benzene rings is 1. The van der Waals surface area contributed by atoms with Gasteiger partial charge in [0.15, 0.2) is 0 Å². The molecule has 1 unspecified atom stereocenters. The summed E-state index contributed by atoms with van der Waals surface area (Å²) in [4.78, 5) is 4.50. The Morgan fingerprint density at radius 1 is 1.48 bits per heavy atom. The summed E-state index contributed by atoms with van der Waals surface area (Å²) in [6.07, 6.45) is 1.94. The van der Waals surface area contributed by atoms with Gasteiger partial charge in [-0.2, -0.15) is 0 Å². The summed E-state index contributed by atoms with van der Waals surface area (Å²) < 4.78 is 11.0. The monoisotopic (exact) mass is 304 g/mol. The predicted molar refractivity (Wildman–Crippen MR) is 84.4 cm³/mol. The molecule has 1 aromatic heterocycles. The van der Waals surface area contributed by atoms with Crippen LogP contribution in [0, 0.1) is 6.92 Å². The maximum absolute atomic E-state index is 5.71. The fraction of sp³-hybridized carbons (Fsp3) is 0.438. The van der Waals surface area contributed by atoms with Crippen LogP contribution in [-0.2, 0) is 6.42 Å². The van der Waals surface area contributed by atoms with Gasteiger partial charge >= 0.3 is 0 Å². The zero-order valence-electron chi connectivity index (χ0n) is 12.4. The molecule has 2 aromatic rings. The minimum absolute atomic E-state index is 0.323. The lowest BCUT2D eigenvalue weighted by molar-refractivity contribution is 0.252. The van der Waals surface area contributed by atoms with E-state index in [0.717, 1.165) is 42.5 Å². The lowest BCUT2D eigenvalue weighted by Crippen LogP contribution is -2.28. The minimum atomic E-state index is 0.323. The average molecular weight is 304 g/mol. The molecule has 0 saturated carbocycles. The first-order valence-corrected chi connectivity index (χ1v) is 8.09. The van der Waals surface area contributed by atoms with Crippen molar-refractivity contribution in [2.45, 2.75) is 25.8 Å². The van der Waals surface area contributed by atoms with Gasteiger partial charge in [0.05, 0.1) is 24.4 Å². The van der Waals surface area contributed by atoms with Gasteiger partial charge in [-0.25, -0.2) is 4.98 Å². The Balaban J connectivity index is 1.64. The quantitative estimate of drug-likeness (QED) is 0.922. The molecule has 5 heteroatoms. The molecule has 21 heavy (non-hydrogen) atoms. The van der Waals surface area contributed by atoms with E-state index < -0.39 is 0 Å². The summed E-state index contributed by atoms with van der Waals surface area (Å²) in [5.74, 6) is 1.84. The van der Waals surface area contributed by atoms with Crippen LogP contribution in [0.15, 0.2) is 23.6 Å². The fourth-order valence-electron chi connectivity index (χ4n) is 2.61. The number of fused-ring (bicyclic) bond motifs is 1. The van der Waals surface area contributed by atoms with E-state index in [1.165, 1.54) is 11.3 Å². The topological polar surface area (TPSA) is 43.4 Å². The Morgan fingerprint density at radius 3 is 3.14 bits per heavy atom. The van der Waals surface area contributed by atoms with Crippen molar-refractivity contribution in [1.29, 1.82) is 0 Å². The van der Waals surface area contributed by atoms with Crippen LogP contribution in [0.3, 0.4) is 0 Å². The van der Waals surface area contributed by atoms with Crippen LogP contribution in [0.4, 0.5) is 0 Å². The summed E-state index contributed by atoms with van der Waals surface area (Å²) in [5, 5.41) is 6.88. The maximum atomic E-state index is 5.71. The summed E-state index contributed by atoms with van der Waals surface area (Å²) in [6, 6.07) is 6.33. The van der Waals surface area contributed by atoms with Gasteiger partial charge in [0.2, 0.25) is 0 Å². The minimum Gasteiger partial charge on any atom is -0.497 e. The maximum Gasteiger partial charge on any atom is 0.124 e. The van der Waals surface area contributed by atoms with Crippen LogP contribution < -0.4 is 14.8 Å². The number of ether oxygens (including phenoxy) is 2. The van der Waals surface area contributed by atoms with Gasteiger partial charge in [-0.1, -0.05) is 0 Å². The first-order chi connectivity index (χ1) is 10.3. The van der Waals surface area contributed by atoms with Crippen molar-refractivity contribution in [1.82, 2.24) is 10.3 Å². The van der Waals surface area contributed by atoms with E-state index in [0.29, 0.717) is 6.04 Å². The van der Waals surface area contributed by atoms with E-state index in [-0.39, 0.29) is 0 Å². The largest absolute Gasteiger partial charge is 0.497 e. The van der Waals surface area contributed by atoms with E-state index in [9.17, 15) is 0 Å². The molecular formula is C16H20N2O2S. The first kappa shape index (κ1) is 14.4. The van der Waals surface area contributed by atoms with Crippen molar-refractivity contribution in [3.05, 3.63) is 39.8 Å². The smallest absolute Gasteiger partial charge is 0.124 e. The molecule has 2 heterocycles. The zero-order chi connectivity index (χ0) is 14.7. The highest BCUT2D eigenvalue weighted by atomic mass is 32.1. The SMILES string of the molecule is COc1ccc2c(c1)C(NCCc1csc(C)n1)CCO2. The van der Waals surface area contributed by atoms with E-state index >= 15 is 0 Å². The number of methoxy groups -OCH3 is 1. The molecular weight excluding hydrogens is 284 g/mol. The number of thiazole rings is 1. The second-order valence-electron chi connectivity index (χ2n) is 5.16. The van der Waals surface area contributed by atoms with Crippen LogP contribution in [-0.4, -0.2) is 25.2 Å². The Hall–Kier alpha value is -1.59. The number of nitrogens with zero attached hydrogens (tertiary/aromatic N) is 1. The normalized spacial score (nSPS) is 17.1. The van der Waals surface area contributed by atoms with Gasteiger partial charge in [0.1, 0.15) is 11.5 Å². The Labute approximate surface area is 129 Å². The van der Waals surface area contributed by atoms with Crippen molar-refractivity contribution in [2.75, 3.05) is 20.3 Å². The lowest BCUT2D eigenvalue weighted by atomic mass is 10.00. The summed E-state index contributed by atoms with van der Waals surface area (Å²) in [5.41, 5.74) is 2.36.